The van der Waals surface area contributed by atoms with E-state index in [1.165, 1.54) is 191 Å². The number of unbranched alkanes of at least 4 members (excludes halogenated alkanes) is 26. The van der Waals surface area contributed by atoms with Crippen molar-refractivity contribution < 1.29 is 29.3 Å². The van der Waals surface area contributed by atoms with Crippen molar-refractivity contribution >= 4 is 28.9 Å². The molecule has 0 amide bonds. The molecule has 0 spiro atoms. The van der Waals surface area contributed by atoms with E-state index in [2.05, 4.69) is 32.0 Å². The molecular weight excluding hydrogens is 649 g/mol. The third-order valence-corrected chi connectivity index (χ3v) is 11.5. The molecule has 2 nitrogen and oxygen atoms in total. The molecule has 1 aromatic carbocycles. The Labute approximate surface area is 297 Å². The molecular formula is C38H69O2PS2Zn. The fourth-order valence-corrected chi connectivity index (χ4v) is 8.78. The Kier molecular flexibility index (Phi) is 32.9. The van der Waals surface area contributed by atoms with Crippen molar-refractivity contribution in [1.82, 2.24) is 0 Å². The minimum atomic E-state index is -3.80. The average Bonchev–Trinajstić information content (AvgIpc) is 2.96. The van der Waals surface area contributed by atoms with Crippen LogP contribution in [0.5, 0.6) is 0 Å². The van der Waals surface area contributed by atoms with Gasteiger partial charge in [-0.05, 0) is 48.9 Å². The number of hydrogen-bond donors (Lipinski definition) is 0. The number of rotatable bonds is 32. The predicted octanol–water partition coefficient (Wildman–Crippen LogP) is 12.8. The Morgan fingerprint density at radius 1 is 0.455 bits per heavy atom. The molecule has 0 saturated carbocycles. The molecule has 1 aromatic rings. The van der Waals surface area contributed by atoms with E-state index in [1.54, 1.807) is 0 Å². The third-order valence-electron chi connectivity index (χ3n) is 8.88. The number of aryl methyl sites for hydroxylation is 2. The molecule has 0 heterocycles. The van der Waals surface area contributed by atoms with Gasteiger partial charge in [-0.25, -0.2) is 0 Å². The first-order valence-electron chi connectivity index (χ1n) is 18.8. The molecule has 0 aliphatic rings. The van der Waals surface area contributed by atoms with Crippen LogP contribution in [0, 0.1) is 0 Å². The van der Waals surface area contributed by atoms with Crippen molar-refractivity contribution in [1.29, 1.82) is 0 Å². The molecule has 0 aromatic heterocycles. The normalized spacial score (nSPS) is 11.6. The van der Waals surface area contributed by atoms with Crippen LogP contribution in [0.3, 0.4) is 0 Å². The van der Waals surface area contributed by atoms with E-state index in [4.69, 9.17) is 11.8 Å². The van der Waals surface area contributed by atoms with E-state index in [9.17, 15) is 9.79 Å². The summed E-state index contributed by atoms with van der Waals surface area (Å²) in [4.78, 5) is 24.5. The van der Waals surface area contributed by atoms with Gasteiger partial charge in [0.05, 0.1) is 0 Å². The van der Waals surface area contributed by atoms with E-state index >= 15 is 0 Å². The maximum atomic E-state index is 11.8. The van der Waals surface area contributed by atoms with Gasteiger partial charge >= 0.3 is 19.5 Å². The quantitative estimate of drug-likeness (QED) is 0.0423. The smallest absolute Gasteiger partial charge is 0.824 e. The molecule has 0 bridgehead atoms. The maximum absolute atomic E-state index is 11.8. The molecule has 252 valence electrons. The second kappa shape index (κ2) is 32.3. The Balaban J connectivity index is 0.0000185. The summed E-state index contributed by atoms with van der Waals surface area (Å²) >= 11 is 5.59. The van der Waals surface area contributed by atoms with Crippen molar-refractivity contribution in [2.24, 2.45) is 0 Å². The van der Waals surface area contributed by atoms with Crippen molar-refractivity contribution in [3.05, 3.63) is 29.3 Å². The Hall–Kier alpha value is 0.763. The SMILES string of the molecule is CCCCCCCCCCCCCCCCc1cc(CCCCCCCCCCCCCCCC)cc(SP([O-])([O-])=S)c1.[Zn+2]. The Morgan fingerprint density at radius 3 is 0.955 bits per heavy atom. The van der Waals surface area contributed by atoms with Gasteiger partial charge in [0, 0.05) is 4.90 Å². The summed E-state index contributed by atoms with van der Waals surface area (Å²) in [5, 5.41) is 0. The van der Waals surface area contributed by atoms with Crippen LogP contribution in [0.2, 0.25) is 0 Å². The van der Waals surface area contributed by atoms with Gasteiger partial charge in [0.15, 0.2) is 0 Å². The molecule has 1 rings (SSSR count). The minimum absolute atomic E-state index is 0. The van der Waals surface area contributed by atoms with Gasteiger partial charge in [-0.3, -0.25) is 0 Å². The van der Waals surface area contributed by atoms with Gasteiger partial charge in [-0.1, -0.05) is 187 Å². The Bertz CT molecular complexity index is 751. The fourth-order valence-electron chi connectivity index (χ4n) is 6.25. The van der Waals surface area contributed by atoms with Crippen LogP contribution < -0.4 is 9.79 Å². The second-order valence-electron chi connectivity index (χ2n) is 13.2. The fraction of sp³-hybridized carbons (Fsp3) is 0.842. The summed E-state index contributed by atoms with van der Waals surface area (Å²) in [7, 11) is 0. The van der Waals surface area contributed by atoms with E-state index in [1.807, 2.05) is 0 Å². The Morgan fingerprint density at radius 2 is 0.705 bits per heavy atom. The molecule has 0 fully saturated rings. The van der Waals surface area contributed by atoms with Crippen LogP contribution in [-0.2, 0) is 44.1 Å². The largest absolute Gasteiger partial charge is 2.00 e. The summed E-state index contributed by atoms with van der Waals surface area (Å²) < 4.78 is 0. The zero-order valence-corrected chi connectivity index (χ0v) is 34.7. The molecule has 44 heavy (non-hydrogen) atoms. The van der Waals surface area contributed by atoms with Crippen molar-refractivity contribution in [2.75, 3.05) is 0 Å². The van der Waals surface area contributed by atoms with Crippen LogP contribution in [0.4, 0.5) is 0 Å². The average molecular weight is 718 g/mol. The number of benzene rings is 1. The van der Waals surface area contributed by atoms with E-state index in [0.717, 1.165) is 29.1 Å². The van der Waals surface area contributed by atoms with Crippen LogP contribution in [0.15, 0.2) is 23.1 Å². The topological polar surface area (TPSA) is 46.1 Å². The summed E-state index contributed by atoms with van der Waals surface area (Å²) in [5.41, 5.74) is -1.23. The summed E-state index contributed by atoms with van der Waals surface area (Å²) in [6.07, 6.45) is 40.5. The second-order valence-corrected chi connectivity index (χ2v) is 18.9. The van der Waals surface area contributed by atoms with Crippen molar-refractivity contribution in [2.45, 2.75) is 211 Å². The molecule has 0 unspecified atom stereocenters. The van der Waals surface area contributed by atoms with Crippen molar-refractivity contribution in [3.8, 4) is 0 Å². The maximum Gasteiger partial charge on any atom is 2.00 e. The summed E-state index contributed by atoms with van der Waals surface area (Å²) in [5.74, 6) is 0. The molecule has 0 N–H and O–H groups in total. The summed E-state index contributed by atoms with van der Waals surface area (Å²) in [6, 6.07) is 6.46. The zero-order chi connectivity index (χ0) is 31.3. The molecule has 6 heteroatoms. The molecule has 0 atom stereocenters. The van der Waals surface area contributed by atoms with Gasteiger partial charge in [0.2, 0.25) is 0 Å². The van der Waals surface area contributed by atoms with Gasteiger partial charge in [-0.15, -0.1) is 23.2 Å². The zero-order valence-electron chi connectivity index (χ0n) is 29.2. The van der Waals surface area contributed by atoms with Gasteiger partial charge in [0.25, 0.3) is 0 Å². The molecule has 0 aliphatic carbocycles. The number of hydrogen-bond acceptors (Lipinski definition) is 4. The minimum Gasteiger partial charge on any atom is -0.824 e. The predicted molar refractivity (Wildman–Crippen MR) is 195 cm³/mol. The van der Waals surface area contributed by atoms with Gasteiger partial charge in [-0.2, -0.15) is 5.69 Å². The standard InChI is InChI=1S/C38H71O2PS2.Zn/c1-3-5-7-9-11-13-15-17-19-21-23-25-27-29-31-36-33-37(35-38(34-36)43-41(39,40)42)32-30-28-26-24-22-20-18-16-14-12-10-8-6-4-2;/h33-35H,3-32H2,1-2H3,(H2,39,40,42);/q;+2/p-2. The first kappa shape index (κ1) is 44.8. The third kappa shape index (κ3) is 30.1. The van der Waals surface area contributed by atoms with E-state index in [0.29, 0.717) is 0 Å². The van der Waals surface area contributed by atoms with E-state index < -0.39 is 5.69 Å². The van der Waals surface area contributed by atoms with E-state index in [-0.39, 0.29) is 19.5 Å². The van der Waals surface area contributed by atoms with Gasteiger partial charge < -0.3 is 9.79 Å². The monoisotopic (exact) mass is 716 g/mol. The van der Waals surface area contributed by atoms with Crippen molar-refractivity contribution in [3.63, 3.8) is 0 Å². The molecule has 0 saturated heterocycles. The first-order valence-corrected chi connectivity index (χ1v) is 22.8. The van der Waals surface area contributed by atoms with Crippen LogP contribution in [0.1, 0.15) is 205 Å². The first-order chi connectivity index (χ1) is 20.9. The molecule has 0 radical (unpaired) electrons. The molecule has 0 aliphatic heterocycles. The van der Waals surface area contributed by atoms with Crippen LogP contribution in [0.25, 0.3) is 0 Å². The summed E-state index contributed by atoms with van der Waals surface area (Å²) in [6.45, 7) is 4.57. The van der Waals surface area contributed by atoms with Crippen LogP contribution >= 0.6 is 17.1 Å². The van der Waals surface area contributed by atoms with Gasteiger partial charge in [0.1, 0.15) is 0 Å². The van der Waals surface area contributed by atoms with Crippen LogP contribution in [-0.4, -0.2) is 0 Å².